The van der Waals surface area contributed by atoms with Crippen molar-refractivity contribution in [1.82, 2.24) is 5.32 Å². The molecule has 116 valence electrons. The minimum absolute atomic E-state index is 0.0891. The maximum absolute atomic E-state index is 13.7. The number of hydrogen-bond donors (Lipinski definition) is 1. The van der Waals surface area contributed by atoms with Crippen molar-refractivity contribution in [3.05, 3.63) is 35.1 Å². The second-order valence-electron chi connectivity index (χ2n) is 6.42. The predicted octanol–water partition coefficient (Wildman–Crippen LogP) is 3.12. The van der Waals surface area contributed by atoms with Crippen molar-refractivity contribution in [2.75, 3.05) is 19.8 Å². The van der Waals surface area contributed by atoms with Gasteiger partial charge in [0, 0.05) is 31.7 Å². The Morgan fingerprint density at radius 1 is 1.38 bits per heavy atom. The molecule has 3 rings (SSSR count). The highest BCUT2D eigenvalue weighted by Crippen LogP contribution is 2.33. The lowest BCUT2D eigenvalue weighted by Gasteiger charge is -2.38. The fraction of sp³-hybridized carbons (Fsp3) is 0.647. The highest BCUT2D eigenvalue weighted by molar-refractivity contribution is 5.25. The average molecular weight is 293 g/mol. The van der Waals surface area contributed by atoms with Gasteiger partial charge in [0.05, 0.1) is 12.2 Å². The van der Waals surface area contributed by atoms with Crippen LogP contribution in [-0.4, -0.2) is 31.5 Å². The number of halogens is 1. The largest absolute Gasteiger partial charge is 0.378 e. The molecule has 0 aliphatic carbocycles. The monoisotopic (exact) mass is 293 g/mol. The molecule has 0 radical (unpaired) electrons. The van der Waals surface area contributed by atoms with Crippen LogP contribution in [0, 0.1) is 12.7 Å². The molecule has 2 aliphatic rings. The molecule has 0 saturated carbocycles. The smallest absolute Gasteiger partial charge is 0.126 e. The molecule has 2 aliphatic heterocycles. The van der Waals surface area contributed by atoms with E-state index in [1.165, 1.54) is 0 Å². The van der Waals surface area contributed by atoms with Crippen molar-refractivity contribution >= 4 is 0 Å². The lowest BCUT2D eigenvalue weighted by atomic mass is 9.89. The van der Waals surface area contributed by atoms with Crippen LogP contribution in [0.5, 0.6) is 0 Å². The van der Waals surface area contributed by atoms with Gasteiger partial charge in [0.1, 0.15) is 5.82 Å². The van der Waals surface area contributed by atoms with Gasteiger partial charge >= 0.3 is 0 Å². The predicted molar refractivity (Wildman–Crippen MR) is 79.8 cm³/mol. The summed E-state index contributed by atoms with van der Waals surface area (Å²) in [5.41, 5.74) is 1.61. The molecule has 0 bridgehead atoms. The molecule has 0 aromatic heterocycles. The van der Waals surface area contributed by atoms with Crippen LogP contribution in [-0.2, 0) is 9.47 Å². The minimum Gasteiger partial charge on any atom is -0.378 e. The zero-order valence-electron chi connectivity index (χ0n) is 12.8. The summed E-state index contributed by atoms with van der Waals surface area (Å²) in [6.07, 6.45) is 2.96. The lowest BCUT2D eigenvalue weighted by molar-refractivity contribution is -0.0902. The molecule has 1 spiro atoms. The Hall–Kier alpha value is -0.970. The van der Waals surface area contributed by atoms with Crippen molar-refractivity contribution in [2.24, 2.45) is 0 Å². The standard InChI is InChI=1S/C17H24FNO2/c1-12-3-4-14(9-16(12)18)13(2)19-15-5-7-21-17(10-15)6-8-20-11-17/h3-4,9,13,15,19H,5-8,10-11H2,1-2H3. The number of nitrogens with one attached hydrogen (secondary N) is 1. The third-order valence-electron chi connectivity index (χ3n) is 4.74. The fourth-order valence-corrected chi connectivity index (χ4v) is 3.36. The van der Waals surface area contributed by atoms with Crippen molar-refractivity contribution < 1.29 is 13.9 Å². The molecule has 1 aromatic carbocycles. The summed E-state index contributed by atoms with van der Waals surface area (Å²) in [4.78, 5) is 0. The number of aryl methyl sites for hydroxylation is 1. The molecule has 2 heterocycles. The molecule has 2 fully saturated rings. The van der Waals surface area contributed by atoms with Gasteiger partial charge < -0.3 is 14.8 Å². The first-order valence-corrected chi connectivity index (χ1v) is 7.82. The molecule has 0 amide bonds. The Balaban J connectivity index is 1.63. The molecule has 21 heavy (non-hydrogen) atoms. The number of ether oxygens (including phenoxy) is 2. The van der Waals surface area contributed by atoms with Gasteiger partial charge in [-0.05, 0) is 43.9 Å². The first-order chi connectivity index (χ1) is 10.1. The van der Waals surface area contributed by atoms with Crippen LogP contribution in [0.15, 0.2) is 18.2 Å². The lowest BCUT2D eigenvalue weighted by Crippen LogP contribution is -2.48. The summed E-state index contributed by atoms with van der Waals surface area (Å²) >= 11 is 0. The number of benzene rings is 1. The number of rotatable bonds is 3. The third-order valence-corrected chi connectivity index (χ3v) is 4.74. The minimum atomic E-state index is -0.131. The molecule has 3 nitrogen and oxygen atoms in total. The summed E-state index contributed by atoms with van der Waals surface area (Å²) in [5, 5.41) is 3.63. The Labute approximate surface area is 125 Å². The zero-order valence-corrected chi connectivity index (χ0v) is 12.8. The molecule has 3 unspecified atom stereocenters. The van der Waals surface area contributed by atoms with Crippen LogP contribution < -0.4 is 5.32 Å². The Kier molecular flexibility index (Phi) is 4.29. The van der Waals surface area contributed by atoms with E-state index in [0.717, 1.165) is 38.0 Å². The van der Waals surface area contributed by atoms with E-state index in [1.807, 2.05) is 12.1 Å². The van der Waals surface area contributed by atoms with Gasteiger partial charge in [-0.15, -0.1) is 0 Å². The molecular formula is C17H24FNO2. The van der Waals surface area contributed by atoms with Gasteiger partial charge in [0.25, 0.3) is 0 Å². The van der Waals surface area contributed by atoms with Gasteiger partial charge in [0.15, 0.2) is 0 Å². The molecule has 3 atom stereocenters. The quantitative estimate of drug-likeness (QED) is 0.929. The van der Waals surface area contributed by atoms with E-state index in [9.17, 15) is 4.39 Å². The maximum Gasteiger partial charge on any atom is 0.126 e. The van der Waals surface area contributed by atoms with Gasteiger partial charge in [-0.1, -0.05) is 12.1 Å². The molecule has 1 N–H and O–H groups in total. The van der Waals surface area contributed by atoms with Crippen LogP contribution >= 0.6 is 0 Å². The summed E-state index contributed by atoms with van der Waals surface area (Å²) in [5.74, 6) is -0.131. The van der Waals surface area contributed by atoms with E-state index in [-0.39, 0.29) is 17.5 Å². The van der Waals surface area contributed by atoms with Crippen molar-refractivity contribution in [3.8, 4) is 0 Å². The first-order valence-electron chi connectivity index (χ1n) is 7.82. The van der Waals surface area contributed by atoms with Gasteiger partial charge in [0.2, 0.25) is 0 Å². The first kappa shape index (κ1) is 14.9. The van der Waals surface area contributed by atoms with E-state index in [2.05, 4.69) is 12.2 Å². The van der Waals surface area contributed by atoms with E-state index in [1.54, 1.807) is 13.0 Å². The average Bonchev–Trinajstić information content (AvgIpc) is 2.89. The summed E-state index contributed by atoms with van der Waals surface area (Å²) in [7, 11) is 0. The molecule has 2 saturated heterocycles. The fourth-order valence-electron chi connectivity index (χ4n) is 3.36. The molecular weight excluding hydrogens is 269 g/mol. The van der Waals surface area contributed by atoms with Gasteiger partial charge in [-0.3, -0.25) is 0 Å². The van der Waals surface area contributed by atoms with Crippen LogP contribution in [0.25, 0.3) is 0 Å². The van der Waals surface area contributed by atoms with Gasteiger partial charge in [-0.2, -0.15) is 0 Å². The Bertz CT molecular complexity index is 500. The second-order valence-corrected chi connectivity index (χ2v) is 6.42. The SMILES string of the molecule is Cc1ccc(C(C)NC2CCOC3(CCOC3)C2)cc1F. The van der Waals surface area contributed by atoms with Gasteiger partial charge in [-0.25, -0.2) is 4.39 Å². The van der Waals surface area contributed by atoms with Crippen molar-refractivity contribution in [3.63, 3.8) is 0 Å². The Morgan fingerprint density at radius 2 is 2.24 bits per heavy atom. The molecule has 1 aromatic rings. The number of hydrogen-bond acceptors (Lipinski definition) is 3. The van der Waals surface area contributed by atoms with Crippen molar-refractivity contribution in [2.45, 2.75) is 50.8 Å². The summed E-state index contributed by atoms with van der Waals surface area (Å²) in [6.45, 7) is 6.16. The van der Waals surface area contributed by atoms with Crippen LogP contribution in [0.3, 0.4) is 0 Å². The summed E-state index contributed by atoms with van der Waals surface area (Å²) in [6, 6.07) is 6.03. The van der Waals surface area contributed by atoms with Crippen LogP contribution in [0.1, 0.15) is 43.4 Å². The second kappa shape index (κ2) is 6.03. The van der Waals surface area contributed by atoms with Crippen LogP contribution in [0.4, 0.5) is 4.39 Å². The van der Waals surface area contributed by atoms with E-state index in [4.69, 9.17) is 9.47 Å². The third kappa shape index (κ3) is 3.28. The van der Waals surface area contributed by atoms with Crippen LogP contribution in [0.2, 0.25) is 0 Å². The maximum atomic E-state index is 13.7. The van der Waals surface area contributed by atoms with E-state index < -0.39 is 0 Å². The summed E-state index contributed by atoms with van der Waals surface area (Å²) < 4.78 is 25.2. The normalized spacial score (nSPS) is 30.7. The van der Waals surface area contributed by atoms with E-state index in [0.29, 0.717) is 18.2 Å². The Morgan fingerprint density at radius 3 is 2.95 bits per heavy atom. The topological polar surface area (TPSA) is 30.5 Å². The zero-order chi connectivity index (χ0) is 14.9. The highest BCUT2D eigenvalue weighted by atomic mass is 19.1. The highest BCUT2D eigenvalue weighted by Gasteiger charge is 2.41. The van der Waals surface area contributed by atoms with E-state index >= 15 is 0 Å². The van der Waals surface area contributed by atoms with Crippen molar-refractivity contribution in [1.29, 1.82) is 0 Å². The molecule has 4 heteroatoms.